The molecule has 1 fully saturated rings. The molecule has 1 saturated carbocycles. The molecule has 1 aliphatic carbocycles. The molecule has 1 aromatic rings. The van der Waals surface area contributed by atoms with Crippen LogP contribution >= 0.6 is 0 Å². The third kappa shape index (κ3) is 5.95. The van der Waals surface area contributed by atoms with Crippen molar-refractivity contribution in [3.63, 3.8) is 0 Å². The molecule has 0 saturated heterocycles. The number of carbonyl (C=O) groups excluding carboxylic acids is 2. The van der Waals surface area contributed by atoms with Crippen LogP contribution in [0.15, 0.2) is 18.2 Å². The number of benzene rings is 1. The van der Waals surface area contributed by atoms with Gasteiger partial charge in [-0.05, 0) is 63.1 Å². The van der Waals surface area contributed by atoms with Gasteiger partial charge < -0.3 is 19.5 Å². The predicted octanol–water partition coefficient (Wildman–Crippen LogP) is 4.96. The lowest BCUT2D eigenvalue weighted by molar-refractivity contribution is -0.148. The number of nitrogens with one attached hydrogen (secondary N) is 1. The van der Waals surface area contributed by atoms with E-state index in [0.717, 1.165) is 25.7 Å². The van der Waals surface area contributed by atoms with Crippen molar-refractivity contribution in [1.82, 2.24) is 0 Å². The molecule has 3 atom stereocenters. The fraction of sp³-hybridized carbons (Fsp3) is 0.652. The Morgan fingerprint density at radius 2 is 2.07 bits per heavy atom. The summed E-state index contributed by atoms with van der Waals surface area (Å²) in [5.41, 5.74) is 0.0149. The van der Waals surface area contributed by atoms with E-state index in [1.54, 1.807) is 18.2 Å². The second-order valence-electron chi connectivity index (χ2n) is 8.04. The Labute approximate surface area is 174 Å². The van der Waals surface area contributed by atoms with Gasteiger partial charge >= 0.3 is 5.97 Å². The SMILES string of the molecule is CCCO[C@]1(C(=O)Nc2ccc(O[C@H](C)CC)c(C(=O)OC)c2)CCC[C@@H](C)C1. The highest BCUT2D eigenvalue weighted by molar-refractivity contribution is 5.99. The fourth-order valence-corrected chi connectivity index (χ4v) is 3.73. The molecule has 162 valence electrons. The van der Waals surface area contributed by atoms with Gasteiger partial charge in [-0.25, -0.2) is 4.79 Å². The monoisotopic (exact) mass is 405 g/mol. The van der Waals surface area contributed by atoms with Crippen LogP contribution in [0.5, 0.6) is 5.75 Å². The third-order valence-corrected chi connectivity index (χ3v) is 5.50. The quantitative estimate of drug-likeness (QED) is 0.588. The molecular weight excluding hydrogens is 370 g/mol. The number of rotatable bonds is 9. The molecule has 6 nitrogen and oxygen atoms in total. The first-order valence-corrected chi connectivity index (χ1v) is 10.7. The van der Waals surface area contributed by atoms with Gasteiger partial charge in [-0.1, -0.05) is 27.2 Å². The summed E-state index contributed by atoms with van der Waals surface area (Å²) < 4.78 is 16.8. The number of hydrogen-bond acceptors (Lipinski definition) is 5. The smallest absolute Gasteiger partial charge is 0.341 e. The van der Waals surface area contributed by atoms with Crippen molar-refractivity contribution in [1.29, 1.82) is 0 Å². The first-order chi connectivity index (χ1) is 13.8. The van der Waals surface area contributed by atoms with Gasteiger partial charge in [0.15, 0.2) is 0 Å². The van der Waals surface area contributed by atoms with Gasteiger partial charge in [-0.3, -0.25) is 4.79 Å². The lowest BCUT2D eigenvalue weighted by Crippen LogP contribution is -2.48. The number of methoxy groups -OCH3 is 1. The number of carbonyl (C=O) groups is 2. The van der Waals surface area contributed by atoms with Crippen molar-refractivity contribution in [3.8, 4) is 5.75 Å². The summed E-state index contributed by atoms with van der Waals surface area (Å²) in [5.74, 6) is 0.238. The van der Waals surface area contributed by atoms with Gasteiger partial charge in [0.05, 0.1) is 13.2 Å². The summed E-state index contributed by atoms with van der Waals surface area (Å²) in [5, 5.41) is 2.97. The first kappa shape index (κ1) is 23.2. The van der Waals surface area contributed by atoms with E-state index in [9.17, 15) is 9.59 Å². The molecule has 1 N–H and O–H groups in total. The Hall–Kier alpha value is -2.08. The Balaban J connectivity index is 2.26. The maximum atomic E-state index is 13.2. The third-order valence-electron chi connectivity index (χ3n) is 5.50. The minimum absolute atomic E-state index is 0.0340. The highest BCUT2D eigenvalue weighted by Gasteiger charge is 2.42. The number of anilines is 1. The van der Waals surface area contributed by atoms with E-state index in [4.69, 9.17) is 14.2 Å². The van der Waals surface area contributed by atoms with Crippen LogP contribution in [0.3, 0.4) is 0 Å². The van der Waals surface area contributed by atoms with Crippen LogP contribution in [0.25, 0.3) is 0 Å². The van der Waals surface area contributed by atoms with Gasteiger partial charge in [0.2, 0.25) is 0 Å². The zero-order valence-corrected chi connectivity index (χ0v) is 18.4. The minimum atomic E-state index is -0.814. The van der Waals surface area contributed by atoms with E-state index in [0.29, 0.717) is 42.4 Å². The van der Waals surface area contributed by atoms with E-state index >= 15 is 0 Å². The van der Waals surface area contributed by atoms with Gasteiger partial charge in [0, 0.05) is 12.3 Å². The average Bonchev–Trinajstić information content (AvgIpc) is 2.72. The molecule has 1 aromatic carbocycles. The lowest BCUT2D eigenvalue weighted by atomic mass is 9.78. The second kappa shape index (κ2) is 10.6. The number of esters is 1. The van der Waals surface area contributed by atoms with Crippen LogP contribution in [0.1, 0.15) is 76.6 Å². The fourth-order valence-electron chi connectivity index (χ4n) is 3.73. The zero-order valence-electron chi connectivity index (χ0n) is 18.4. The van der Waals surface area contributed by atoms with Gasteiger partial charge in [0.1, 0.15) is 16.9 Å². The Morgan fingerprint density at radius 1 is 1.31 bits per heavy atom. The number of ether oxygens (including phenoxy) is 3. The molecule has 6 heteroatoms. The molecular formula is C23H35NO5. The van der Waals surface area contributed by atoms with Crippen molar-refractivity contribution in [2.24, 2.45) is 5.92 Å². The number of amides is 1. The second-order valence-corrected chi connectivity index (χ2v) is 8.04. The lowest BCUT2D eigenvalue weighted by Gasteiger charge is -2.38. The molecule has 0 aromatic heterocycles. The molecule has 1 aliphatic rings. The summed E-state index contributed by atoms with van der Waals surface area (Å²) in [4.78, 5) is 25.5. The van der Waals surface area contributed by atoms with E-state index in [1.807, 2.05) is 20.8 Å². The van der Waals surface area contributed by atoms with E-state index in [-0.39, 0.29) is 12.0 Å². The molecule has 0 radical (unpaired) electrons. The largest absolute Gasteiger partial charge is 0.490 e. The van der Waals surface area contributed by atoms with Crippen molar-refractivity contribution >= 4 is 17.6 Å². The zero-order chi connectivity index (χ0) is 21.4. The average molecular weight is 406 g/mol. The normalized spacial score (nSPS) is 22.6. The summed E-state index contributed by atoms with van der Waals surface area (Å²) in [7, 11) is 1.33. The highest BCUT2D eigenvalue weighted by atomic mass is 16.5. The van der Waals surface area contributed by atoms with Gasteiger partial charge in [-0.15, -0.1) is 0 Å². The predicted molar refractivity (Wildman–Crippen MR) is 113 cm³/mol. The highest BCUT2D eigenvalue weighted by Crippen LogP contribution is 2.37. The molecule has 0 unspecified atom stereocenters. The van der Waals surface area contributed by atoms with Crippen molar-refractivity contribution in [3.05, 3.63) is 23.8 Å². The van der Waals surface area contributed by atoms with Crippen LogP contribution in [0, 0.1) is 5.92 Å². The topological polar surface area (TPSA) is 73.9 Å². The van der Waals surface area contributed by atoms with E-state index < -0.39 is 11.6 Å². The molecule has 0 heterocycles. The molecule has 0 bridgehead atoms. The Morgan fingerprint density at radius 3 is 2.69 bits per heavy atom. The van der Waals surface area contributed by atoms with Crippen LogP contribution in [-0.2, 0) is 14.3 Å². The molecule has 29 heavy (non-hydrogen) atoms. The van der Waals surface area contributed by atoms with Crippen molar-refractivity contribution in [2.75, 3.05) is 19.0 Å². The summed E-state index contributed by atoms with van der Waals surface area (Å²) in [6.07, 6.45) is 5.13. The molecule has 2 rings (SSSR count). The Bertz CT molecular complexity index is 705. The van der Waals surface area contributed by atoms with Gasteiger partial charge in [0.25, 0.3) is 5.91 Å². The Kier molecular flexibility index (Phi) is 8.50. The molecule has 0 spiro atoms. The van der Waals surface area contributed by atoms with E-state index in [1.165, 1.54) is 7.11 Å². The minimum Gasteiger partial charge on any atom is -0.490 e. The van der Waals surface area contributed by atoms with Crippen molar-refractivity contribution in [2.45, 2.75) is 77.9 Å². The molecule has 1 amide bonds. The summed E-state index contributed by atoms with van der Waals surface area (Å²) >= 11 is 0. The van der Waals surface area contributed by atoms with Crippen LogP contribution in [-0.4, -0.2) is 37.3 Å². The first-order valence-electron chi connectivity index (χ1n) is 10.7. The van der Waals surface area contributed by atoms with Crippen LogP contribution < -0.4 is 10.1 Å². The molecule has 0 aliphatic heterocycles. The summed E-state index contributed by atoms with van der Waals surface area (Å²) in [6, 6.07) is 5.07. The van der Waals surface area contributed by atoms with Gasteiger partial charge in [-0.2, -0.15) is 0 Å². The van der Waals surface area contributed by atoms with Crippen LogP contribution in [0.2, 0.25) is 0 Å². The van der Waals surface area contributed by atoms with Crippen molar-refractivity contribution < 1.29 is 23.8 Å². The maximum absolute atomic E-state index is 13.2. The van der Waals surface area contributed by atoms with E-state index in [2.05, 4.69) is 12.2 Å². The number of hydrogen-bond donors (Lipinski definition) is 1. The maximum Gasteiger partial charge on any atom is 0.341 e. The standard InChI is InChI=1S/C23H35NO5/c1-6-13-28-23(12-8-9-16(3)15-23)22(26)24-18-10-11-20(29-17(4)7-2)19(14-18)21(25)27-5/h10-11,14,16-17H,6-9,12-13,15H2,1-5H3,(H,24,26)/t16-,17-,23-/m1/s1. The van der Waals surface area contributed by atoms with Crippen LogP contribution in [0.4, 0.5) is 5.69 Å². The summed E-state index contributed by atoms with van der Waals surface area (Å²) in [6.45, 7) is 8.70.